The van der Waals surface area contributed by atoms with E-state index in [9.17, 15) is 0 Å². The van der Waals surface area contributed by atoms with E-state index < -0.39 is 0 Å². The highest BCUT2D eigenvalue weighted by molar-refractivity contribution is 8.05. The largest absolute Gasteiger partial charge is 0.378 e. The Balaban J connectivity index is 2.05. The van der Waals surface area contributed by atoms with Crippen molar-refractivity contribution in [1.29, 1.82) is 0 Å². The molecule has 1 aliphatic rings. The number of rotatable bonds is 3. The molecule has 1 heterocycles. The van der Waals surface area contributed by atoms with Gasteiger partial charge in [0, 0.05) is 39.2 Å². The van der Waals surface area contributed by atoms with Crippen LogP contribution in [-0.4, -0.2) is 26.0 Å². The number of thioether (sulfide) groups is 1. The van der Waals surface area contributed by atoms with Gasteiger partial charge in [0.15, 0.2) is 0 Å². The third-order valence-corrected chi connectivity index (χ3v) is 3.12. The molecule has 0 saturated heterocycles. The van der Waals surface area contributed by atoms with E-state index in [0.717, 1.165) is 16.4 Å². The summed E-state index contributed by atoms with van der Waals surface area (Å²) in [5, 5.41) is 11.3. The predicted molar refractivity (Wildman–Crippen MR) is 77.9 cm³/mol. The summed E-state index contributed by atoms with van der Waals surface area (Å²) >= 11 is 1.56. The summed E-state index contributed by atoms with van der Waals surface area (Å²) in [6, 6.07) is 7.99. The van der Waals surface area contributed by atoms with E-state index in [1.807, 2.05) is 68.1 Å². The van der Waals surface area contributed by atoms with Crippen LogP contribution in [0.25, 0.3) is 0 Å². The normalized spacial score (nSPS) is 15.1. The van der Waals surface area contributed by atoms with Gasteiger partial charge in [0.25, 0.3) is 0 Å². The third kappa shape index (κ3) is 3.37. The van der Waals surface area contributed by atoms with E-state index in [1.165, 1.54) is 0 Å². The average molecular weight is 260 g/mol. The van der Waals surface area contributed by atoms with Crippen molar-refractivity contribution >= 4 is 23.1 Å². The van der Waals surface area contributed by atoms with Gasteiger partial charge in [0.05, 0.1) is 5.69 Å². The molecule has 0 spiro atoms. The molecular formula is C13H16N4S. The zero-order valence-electron chi connectivity index (χ0n) is 10.7. The molecule has 1 aromatic rings. The smallest absolute Gasteiger partial charge is 0.139 e. The minimum Gasteiger partial charge on any atom is -0.378 e. The molecular weight excluding hydrogens is 244 g/mol. The highest BCUT2D eigenvalue weighted by Crippen LogP contribution is 2.26. The first-order valence-electron chi connectivity index (χ1n) is 5.61. The topological polar surface area (TPSA) is 31.2 Å². The molecule has 2 rings (SSSR count). The molecule has 0 aliphatic carbocycles. The number of azo groups is 1. The molecule has 0 aromatic heterocycles. The average Bonchev–Trinajstić information content (AvgIpc) is 2.37. The lowest BCUT2D eigenvalue weighted by molar-refractivity contribution is 0.621. The van der Waals surface area contributed by atoms with Gasteiger partial charge in [-0.05, 0) is 29.7 Å². The molecule has 0 bridgehead atoms. The van der Waals surface area contributed by atoms with Crippen LogP contribution in [0.3, 0.4) is 0 Å². The van der Waals surface area contributed by atoms with Crippen LogP contribution in [0.4, 0.5) is 11.4 Å². The van der Waals surface area contributed by atoms with Gasteiger partial charge in [-0.25, -0.2) is 0 Å². The lowest BCUT2D eigenvalue weighted by Gasteiger charge is -2.12. The van der Waals surface area contributed by atoms with Crippen molar-refractivity contribution in [2.24, 2.45) is 10.2 Å². The fraction of sp³-hybridized carbons (Fsp3) is 0.231. The molecule has 0 amide bonds. The fourth-order valence-corrected chi connectivity index (χ4v) is 2.13. The van der Waals surface area contributed by atoms with Crippen LogP contribution in [0, 0.1) is 0 Å². The van der Waals surface area contributed by atoms with Crippen LogP contribution in [-0.2, 0) is 0 Å². The van der Waals surface area contributed by atoms with E-state index >= 15 is 0 Å². The van der Waals surface area contributed by atoms with E-state index in [-0.39, 0.29) is 0 Å². The van der Waals surface area contributed by atoms with Crippen LogP contribution in [0.2, 0.25) is 0 Å². The summed E-state index contributed by atoms with van der Waals surface area (Å²) in [6.07, 6.45) is 3.93. The van der Waals surface area contributed by atoms with Crippen molar-refractivity contribution in [3.63, 3.8) is 0 Å². The van der Waals surface area contributed by atoms with Crippen LogP contribution >= 0.6 is 11.8 Å². The van der Waals surface area contributed by atoms with Gasteiger partial charge in [-0.2, -0.15) is 0 Å². The van der Waals surface area contributed by atoms with Gasteiger partial charge >= 0.3 is 0 Å². The summed E-state index contributed by atoms with van der Waals surface area (Å²) in [7, 11) is 6.00. The molecule has 1 aliphatic heterocycles. The van der Waals surface area contributed by atoms with Crippen LogP contribution in [0.1, 0.15) is 0 Å². The molecule has 0 unspecified atom stereocenters. The van der Waals surface area contributed by atoms with Gasteiger partial charge in [-0.15, -0.1) is 10.2 Å². The fourth-order valence-electron chi connectivity index (χ4n) is 1.42. The number of anilines is 1. The quantitative estimate of drug-likeness (QED) is 0.775. The maximum Gasteiger partial charge on any atom is 0.139 e. The Labute approximate surface area is 112 Å². The van der Waals surface area contributed by atoms with Gasteiger partial charge in [0.2, 0.25) is 0 Å². The van der Waals surface area contributed by atoms with E-state index in [1.54, 1.807) is 11.8 Å². The molecule has 0 saturated carbocycles. The van der Waals surface area contributed by atoms with Gasteiger partial charge in [-0.1, -0.05) is 11.8 Å². The highest BCUT2D eigenvalue weighted by Gasteiger charge is 2.01. The van der Waals surface area contributed by atoms with Crippen molar-refractivity contribution in [2.45, 2.75) is 0 Å². The SMILES string of the molecule is CN1C=CSC(N=Nc2ccc(N(C)C)cc2)=C1. The summed E-state index contributed by atoms with van der Waals surface area (Å²) in [5.74, 6) is 0. The zero-order valence-corrected chi connectivity index (χ0v) is 11.6. The summed E-state index contributed by atoms with van der Waals surface area (Å²) in [4.78, 5) is 4.01. The van der Waals surface area contributed by atoms with Crippen molar-refractivity contribution < 1.29 is 0 Å². The van der Waals surface area contributed by atoms with E-state index in [4.69, 9.17) is 0 Å². The lowest BCUT2D eigenvalue weighted by atomic mass is 10.3. The molecule has 4 nitrogen and oxygen atoms in total. The second-order valence-electron chi connectivity index (χ2n) is 4.15. The van der Waals surface area contributed by atoms with Crippen molar-refractivity contribution in [3.8, 4) is 0 Å². The van der Waals surface area contributed by atoms with Gasteiger partial charge in [0.1, 0.15) is 5.03 Å². The van der Waals surface area contributed by atoms with Crippen LogP contribution in [0.5, 0.6) is 0 Å². The van der Waals surface area contributed by atoms with Crippen molar-refractivity contribution in [1.82, 2.24) is 4.90 Å². The molecule has 0 N–H and O–H groups in total. The molecule has 5 heteroatoms. The standard InChI is InChI=1S/C13H16N4S/c1-16(2)12-6-4-11(5-7-12)14-15-13-10-17(3)8-9-18-13/h4-10H,1-3H3. The Morgan fingerprint density at radius 1 is 1.11 bits per heavy atom. The lowest BCUT2D eigenvalue weighted by Crippen LogP contribution is -2.07. The van der Waals surface area contributed by atoms with Crippen molar-refractivity contribution in [2.75, 3.05) is 26.0 Å². The Bertz CT molecular complexity index is 488. The predicted octanol–water partition coefficient (Wildman–Crippen LogP) is 3.79. The number of hydrogen-bond donors (Lipinski definition) is 0. The first-order chi connectivity index (χ1) is 8.65. The molecule has 18 heavy (non-hydrogen) atoms. The number of hydrogen-bond acceptors (Lipinski definition) is 5. The minimum absolute atomic E-state index is 0.860. The molecule has 94 valence electrons. The van der Waals surface area contributed by atoms with E-state index in [2.05, 4.69) is 15.1 Å². The first-order valence-corrected chi connectivity index (χ1v) is 6.49. The number of benzene rings is 1. The highest BCUT2D eigenvalue weighted by atomic mass is 32.2. The molecule has 0 radical (unpaired) electrons. The summed E-state index contributed by atoms with van der Waals surface area (Å²) < 4.78 is 0. The molecule has 0 atom stereocenters. The monoisotopic (exact) mass is 260 g/mol. The number of nitrogens with zero attached hydrogens (tertiary/aromatic N) is 4. The minimum atomic E-state index is 0.860. The Kier molecular flexibility index (Phi) is 4.04. The van der Waals surface area contributed by atoms with Gasteiger partial charge in [-0.3, -0.25) is 0 Å². The summed E-state index contributed by atoms with van der Waals surface area (Å²) in [6.45, 7) is 0. The van der Waals surface area contributed by atoms with Gasteiger partial charge < -0.3 is 9.80 Å². The Hall–Kier alpha value is -1.75. The Morgan fingerprint density at radius 2 is 1.83 bits per heavy atom. The zero-order chi connectivity index (χ0) is 13.0. The Morgan fingerprint density at radius 3 is 2.44 bits per heavy atom. The third-order valence-electron chi connectivity index (χ3n) is 2.43. The van der Waals surface area contributed by atoms with Crippen LogP contribution < -0.4 is 4.90 Å². The maximum atomic E-state index is 4.22. The second-order valence-corrected chi connectivity index (χ2v) is 5.07. The second kappa shape index (κ2) is 5.73. The maximum absolute atomic E-state index is 4.22. The molecule has 1 aromatic carbocycles. The molecule has 0 fully saturated rings. The first kappa shape index (κ1) is 12.7. The van der Waals surface area contributed by atoms with Crippen molar-refractivity contribution in [3.05, 3.63) is 47.1 Å². The van der Waals surface area contributed by atoms with Crippen LogP contribution in [0.15, 0.2) is 57.3 Å². The van der Waals surface area contributed by atoms with E-state index in [0.29, 0.717) is 0 Å². The summed E-state index contributed by atoms with van der Waals surface area (Å²) in [5.41, 5.74) is 2.02.